The second-order valence-electron chi connectivity index (χ2n) is 0.565. The van der Waals surface area contributed by atoms with E-state index in [1.54, 1.807) is 0 Å². The standard InChI is InChI=1S/2CH2O3.K.Na.2H/c2*2-1(3)4;;;;/h2*(H2,2,3,4);;;;/q;;2*+1;2*-1. The molecule has 0 atom stereocenters. The molecule has 0 rings (SSSR count). The molecule has 6 nitrogen and oxygen atoms in total. The average molecular weight is 188 g/mol. The van der Waals surface area contributed by atoms with Crippen LogP contribution in [0.2, 0.25) is 0 Å². The third-order valence-electron chi connectivity index (χ3n) is 0. The molecule has 0 fully saturated rings. The minimum atomic E-state index is -1.83. The van der Waals surface area contributed by atoms with Crippen LogP contribution in [0.3, 0.4) is 0 Å². The van der Waals surface area contributed by atoms with Crippen LogP contribution in [0.25, 0.3) is 0 Å². The summed E-state index contributed by atoms with van der Waals surface area (Å²) in [6.45, 7) is 0. The van der Waals surface area contributed by atoms with Crippen molar-refractivity contribution in [2.45, 2.75) is 0 Å². The van der Waals surface area contributed by atoms with Crippen LogP contribution in [0.1, 0.15) is 2.85 Å². The molecule has 0 aromatic heterocycles. The minimum Gasteiger partial charge on any atom is -1.00 e. The Kier molecular flexibility index (Phi) is 37.4. The van der Waals surface area contributed by atoms with E-state index in [4.69, 9.17) is 30.0 Å². The van der Waals surface area contributed by atoms with Gasteiger partial charge in [-0.25, -0.2) is 9.59 Å². The molecule has 0 aliphatic rings. The van der Waals surface area contributed by atoms with Gasteiger partial charge >= 0.3 is 93.3 Å². The zero-order valence-corrected chi connectivity index (χ0v) is 10.7. The van der Waals surface area contributed by atoms with Crippen molar-refractivity contribution in [3.8, 4) is 0 Å². The molecule has 0 aliphatic heterocycles. The van der Waals surface area contributed by atoms with E-state index < -0.39 is 12.3 Å². The molecule has 0 bridgehead atoms. The summed E-state index contributed by atoms with van der Waals surface area (Å²) in [7, 11) is 0. The fourth-order valence-electron chi connectivity index (χ4n) is 0. The van der Waals surface area contributed by atoms with Crippen LogP contribution in [-0.4, -0.2) is 32.7 Å². The van der Waals surface area contributed by atoms with E-state index >= 15 is 0 Å². The monoisotopic (exact) mass is 188 g/mol. The van der Waals surface area contributed by atoms with Crippen LogP contribution in [0.4, 0.5) is 9.59 Å². The smallest absolute Gasteiger partial charge is 1.00 e. The number of carboxylic acid groups (broad SMARTS) is 4. The van der Waals surface area contributed by atoms with Crippen LogP contribution in [0.15, 0.2) is 0 Å². The van der Waals surface area contributed by atoms with Gasteiger partial charge in [0, 0.05) is 0 Å². The fraction of sp³-hybridized carbons (Fsp3) is 0. The second kappa shape index (κ2) is 16.6. The Morgan fingerprint density at radius 1 is 0.900 bits per heavy atom. The minimum absolute atomic E-state index is 0. The molecule has 52 valence electrons. The molecular weight excluding hydrogens is 182 g/mol. The Hall–Kier alpha value is 1.18. The summed E-state index contributed by atoms with van der Waals surface area (Å²) in [5, 5.41) is 27.9. The van der Waals surface area contributed by atoms with E-state index in [2.05, 4.69) is 0 Å². The Balaban J connectivity index is -0.0000000112. The summed E-state index contributed by atoms with van der Waals surface area (Å²) in [4.78, 5) is 17.1. The zero-order chi connectivity index (χ0) is 7.15. The van der Waals surface area contributed by atoms with Crippen molar-refractivity contribution in [3.63, 3.8) is 0 Å². The van der Waals surface area contributed by atoms with E-state index in [1.807, 2.05) is 0 Å². The summed E-state index contributed by atoms with van der Waals surface area (Å²) in [5.74, 6) is 0. The van der Waals surface area contributed by atoms with Crippen LogP contribution in [-0.2, 0) is 0 Å². The first-order chi connectivity index (χ1) is 3.46. The van der Waals surface area contributed by atoms with Gasteiger partial charge in [-0.2, -0.15) is 0 Å². The van der Waals surface area contributed by atoms with E-state index in [9.17, 15) is 0 Å². The van der Waals surface area contributed by atoms with Crippen molar-refractivity contribution in [3.05, 3.63) is 0 Å². The first kappa shape index (κ1) is 22.5. The molecular formula is C2H6KNaO6. The number of hydrogen-bond donors (Lipinski definition) is 4. The maximum absolute atomic E-state index is 8.56. The van der Waals surface area contributed by atoms with Gasteiger partial charge in [0.15, 0.2) is 0 Å². The largest absolute Gasteiger partial charge is 1.00 e. The van der Waals surface area contributed by atoms with Crippen molar-refractivity contribution < 1.29 is 114 Å². The summed E-state index contributed by atoms with van der Waals surface area (Å²) < 4.78 is 0. The first-order valence-electron chi connectivity index (χ1n) is 1.30. The van der Waals surface area contributed by atoms with Crippen molar-refractivity contribution in [2.75, 3.05) is 0 Å². The number of hydrogen-bond acceptors (Lipinski definition) is 2. The molecule has 4 N–H and O–H groups in total. The van der Waals surface area contributed by atoms with E-state index in [-0.39, 0.29) is 83.8 Å². The molecule has 8 heteroatoms. The molecule has 0 aromatic carbocycles. The Labute approximate surface area is 124 Å². The Morgan fingerprint density at radius 3 is 0.900 bits per heavy atom. The molecule has 0 unspecified atom stereocenters. The van der Waals surface area contributed by atoms with E-state index in [0.717, 1.165) is 0 Å². The molecule has 0 saturated heterocycles. The van der Waals surface area contributed by atoms with Crippen molar-refractivity contribution in [1.82, 2.24) is 0 Å². The molecule has 0 spiro atoms. The molecule has 10 heavy (non-hydrogen) atoms. The Bertz CT molecular complexity index is 81.5. The third kappa shape index (κ3) is 443. The van der Waals surface area contributed by atoms with Gasteiger partial charge in [-0.15, -0.1) is 0 Å². The van der Waals surface area contributed by atoms with Crippen molar-refractivity contribution in [1.29, 1.82) is 0 Å². The predicted octanol–water partition coefficient (Wildman–Crippen LogP) is -5.32. The van der Waals surface area contributed by atoms with Gasteiger partial charge in [-0.05, 0) is 0 Å². The van der Waals surface area contributed by atoms with Gasteiger partial charge in [-0.3, -0.25) is 0 Å². The molecule has 0 radical (unpaired) electrons. The fourth-order valence-corrected chi connectivity index (χ4v) is 0. The van der Waals surface area contributed by atoms with Crippen molar-refractivity contribution in [2.24, 2.45) is 0 Å². The molecule has 0 heterocycles. The van der Waals surface area contributed by atoms with Gasteiger partial charge in [0.2, 0.25) is 0 Å². The van der Waals surface area contributed by atoms with Gasteiger partial charge in [0.05, 0.1) is 0 Å². The van der Waals surface area contributed by atoms with Gasteiger partial charge in [0.25, 0.3) is 0 Å². The zero-order valence-electron chi connectivity index (χ0n) is 7.61. The van der Waals surface area contributed by atoms with Gasteiger partial charge in [-0.1, -0.05) is 0 Å². The normalized spacial score (nSPS) is 4.80. The summed E-state index contributed by atoms with van der Waals surface area (Å²) in [6.07, 6.45) is -3.67. The predicted molar refractivity (Wildman–Crippen MR) is 23.5 cm³/mol. The van der Waals surface area contributed by atoms with Gasteiger partial charge in [0.1, 0.15) is 0 Å². The molecule has 0 aromatic rings. The van der Waals surface area contributed by atoms with Crippen LogP contribution >= 0.6 is 0 Å². The van der Waals surface area contributed by atoms with Crippen LogP contribution in [0.5, 0.6) is 0 Å². The molecule has 0 amide bonds. The SMILES string of the molecule is O=C(O)O.O=C(O)O.[H-].[H-].[K+].[Na+]. The number of rotatable bonds is 0. The quantitative estimate of drug-likeness (QED) is 0.282. The number of carbonyl (C=O) groups is 2. The Morgan fingerprint density at radius 2 is 0.900 bits per heavy atom. The van der Waals surface area contributed by atoms with E-state index in [0.29, 0.717) is 0 Å². The maximum Gasteiger partial charge on any atom is 1.00 e. The van der Waals surface area contributed by atoms with E-state index in [1.165, 1.54) is 0 Å². The second-order valence-corrected chi connectivity index (χ2v) is 0.565. The molecule has 0 saturated carbocycles. The summed E-state index contributed by atoms with van der Waals surface area (Å²) in [6, 6.07) is 0. The third-order valence-corrected chi connectivity index (χ3v) is 0. The van der Waals surface area contributed by atoms with Crippen molar-refractivity contribution >= 4 is 12.3 Å². The average Bonchev–Trinajstić information content (AvgIpc) is 1.25. The molecule has 0 aliphatic carbocycles. The maximum atomic E-state index is 8.56. The topological polar surface area (TPSA) is 115 Å². The van der Waals surface area contributed by atoms with Crippen LogP contribution < -0.4 is 80.9 Å². The summed E-state index contributed by atoms with van der Waals surface area (Å²) >= 11 is 0. The summed E-state index contributed by atoms with van der Waals surface area (Å²) in [5.41, 5.74) is 0. The first-order valence-corrected chi connectivity index (χ1v) is 1.30. The van der Waals surface area contributed by atoms with Gasteiger partial charge < -0.3 is 23.3 Å². The van der Waals surface area contributed by atoms with Crippen LogP contribution in [0, 0.1) is 0 Å².